The largest absolute Gasteiger partial charge is 0.338 e. The predicted octanol–water partition coefficient (Wildman–Crippen LogP) is 2.28. The molecule has 1 aliphatic heterocycles. The first-order valence-electron chi connectivity index (χ1n) is 7.81. The van der Waals surface area contributed by atoms with Crippen molar-refractivity contribution < 1.29 is 4.79 Å². The van der Waals surface area contributed by atoms with Crippen LogP contribution in [0.5, 0.6) is 0 Å². The highest BCUT2D eigenvalue weighted by Gasteiger charge is 2.34. The van der Waals surface area contributed by atoms with Crippen LogP contribution in [0.4, 0.5) is 0 Å². The monoisotopic (exact) mass is 272 g/mol. The smallest absolute Gasteiger partial charge is 0.227 e. The maximum atomic E-state index is 12.6. The molecular weight excluding hydrogens is 248 g/mol. The molecule has 108 valence electrons. The van der Waals surface area contributed by atoms with Gasteiger partial charge in [0.2, 0.25) is 5.91 Å². The number of rotatable bonds is 5. The van der Waals surface area contributed by atoms with E-state index in [0.29, 0.717) is 24.4 Å². The fraction of sp³-hybridized carbons (Fsp3) is 0.588. The van der Waals surface area contributed by atoms with Crippen LogP contribution in [-0.2, 0) is 11.2 Å². The first-order chi connectivity index (χ1) is 9.72. The Morgan fingerprint density at radius 3 is 2.85 bits per heavy atom. The summed E-state index contributed by atoms with van der Waals surface area (Å²) >= 11 is 0. The highest BCUT2D eigenvalue weighted by molar-refractivity contribution is 5.79. The van der Waals surface area contributed by atoms with Gasteiger partial charge < -0.3 is 10.2 Å². The minimum absolute atomic E-state index is 0.298. The van der Waals surface area contributed by atoms with E-state index in [1.807, 2.05) is 6.07 Å². The molecule has 1 heterocycles. The second kappa shape index (κ2) is 5.96. The van der Waals surface area contributed by atoms with Crippen LogP contribution in [0.2, 0.25) is 0 Å². The Hall–Kier alpha value is -1.35. The molecule has 1 N–H and O–H groups in total. The molecule has 0 radical (unpaired) electrons. The fourth-order valence-corrected chi connectivity index (χ4v) is 3.09. The maximum Gasteiger partial charge on any atom is 0.227 e. The van der Waals surface area contributed by atoms with Gasteiger partial charge in [0.1, 0.15) is 0 Å². The van der Waals surface area contributed by atoms with Crippen molar-refractivity contribution in [2.75, 3.05) is 13.1 Å². The Morgan fingerprint density at radius 1 is 1.35 bits per heavy atom. The molecule has 0 aromatic heterocycles. The minimum atomic E-state index is 0.298. The van der Waals surface area contributed by atoms with Gasteiger partial charge in [0, 0.05) is 18.6 Å². The van der Waals surface area contributed by atoms with E-state index < -0.39 is 0 Å². The Kier molecular flexibility index (Phi) is 4.06. The topological polar surface area (TPSA) is 32.3 Å². The van der Waals surface area contributed by atoms with Gasteiger partial charge in [-0.05, 0) is 44.7 Å². The SMILES string of the molecule is Cc1cccc(CC(=O)N(C[C@@H]2CCCN2)C2CC2)c1. The van der Waals surface area contributed by atoms with Crippen molar-refractivity contribution in [1.82, 2.24) is 10.2 Å². The number of carbonyl (C=O) groups is 1. The van der Waals surface area contributed by atoms with Gasteiger partial charge in [0.15, 0.2) is 0 Å². The van der Waals surface area contributed by atoms with E-state index in [1.165, 1.54) is 31.2 Å². The molecule has 0 bridgehead atoms. The van der Waals surface area contributed by atoms with Crippen molar-refractivity contribution in [3.8, 4) is 0 Å². The Morgan fingerprint density at radius 2 is 2.20 bits per heavy atom. The molecule has 3 nitrogen and oxygen atoms in total. The van der Waals surface area contributed by atoms with Crippen LogP contribution in [-0.4, -0.2) is 36.0 Å². The van der Waals surface area contributed by atoms with E-state index in [2.05, 4.69) is 35.3 Å². The summed E-state index contributed by atoms with van der Waals surface area (Å²) in [5, 5.41) is 3.50. The number of nitrogens with one attached hydrogen (secondary N) is 1. The maximum absolute atomic E-state index is 12.6. The van der Waals surface area contributed by atoms with Gasteiger partial charge in [0.25, 0.3) is 0 Å². The number of hydrogen-bond acceptors (Lipinski definition) is 2. The molecule has 1 aliphatic carbocycles. The first-order valence-corrected chi connectivity index (χ1v) is 7.81. The Labute approximate surface area is 121 Å². The van der Waals surface area contributed by atoms with Crippen molar-refractivity contribution in [3.05, 3.63) is 35.4 Å². The van der Waals surface area contributed by atoms with Crippen molar-refractivity contribution in [2.45, 2.75) is 51.1 Å². The summed E-state index contributed by atoms with van der Waals surface area (Å²) in [4.78, 5) is 14.7. The second-order valence-electron chi connectivity index (χ2n) is 6.24. The van der Waals surface area contributed by atoms with Crippen LogP contribution in [0.1, 0.15) is 36.8 Å². The van der Waals surface area contributed by atoms with Crippen LogP contribution < -0.4 is 5.32 Å². The van der Waals surface area contributed by atoms with E-state index >= 15 is 0 Å². The van der Waals surface area contributed by atoms with Gasteiger partial charge >= 0.3 is 0 Å². The van der Waals surface area contributed by atoms with Crippen molar-refractivity contribution in [1.29, 1.82) is 0 Å². The molecule has 1 amide bonds. The third-order valence-electron chi connectivity index (χ3n) is 4.33. The molecule has 2 fully saturated rings. The summed E-state index contributed by atoms with van der Waals surface area (Å²) < 4.78 is 0. The quantitative estimate of drug-likeness (QED) is 0.892. The van der Waals surface area contributed by atoms with Gasteiger partial charge in [-0.15, -0.1) is 0 Å². The lowest BCUT2D eigenvalue weighted by Crippen LogP contribution is -2.43. The zero-order chi connectivity index (χ0) is 13.9. The molecule has 3 heteroatoms. The summed E-state index contributed by atoms with van der Waals surface area (Å²) in [6.07, 6.45) is 5.37. The third kappa shape index (κ3) is 3.40. The summed E-state index contributed by atoms with van der Waals surface area (Å²) in [5.41, 5.74) is 2.37. The number of aryl methyl sites for hydroxylation is 1. The van der Waals surface area contributed by atoms with E-state index in [1.54, 1.807) is 0 Å². The van der Waals surface area contributed by atoms with Crippen LogP contribution in [0, 0.1) is 6.92 Å². The van der Waals surface area contributed by atoms with Crippen molar-refractivity contribution >= 4 is 5.91 Å². The van der Waals surface area contributed by atoms with Gasteiger partial charge in [-0.1, -0.05) is 29.8 Å². The minimum Gasteiger partial charge on any atom is -0.338 e. The average Bonchev–Trinajstić information content (AvgIpc) is 3.12. The number of nitrogens with zero attached hydrogens (tertiary/aromatic N) is 1. The highest BCUT2D eigenvalue weighted by atomic mass is 16.2. The van der Waals surface area contributed by atoms with E-state index in [4.69, 9.17) is 0 Å². The third-order valence-corrected chi connectivity index (χ3v) is 4.33. The summed E-state index contributed by atoms with van der Waals surface area (Å²) in [5.74, 6) is 0.298. The lowest BCUT2D eigenvalue weighted by atomic mass is 10.1. The molecule has 1 saturated carbocycles. The zero-order valence-corrected chi connectivity index (χ0v) is 12.3. The standard InChI is InChI=1S/C17H24N2O/c1-13-4-2-5-14(10-13)11-17(20)19(16-7-8-16)12-15-6-3-9-18-15/h2,4-5,10,15-16,18H,3,6-9,11-12H2,1H3/t15-/m0/s1. The predicted molar refractivity (Wildman–Crippen MR) is 80.6 cm³/mol. The molecule has 2 aliphatic rings. The van der Waals surface area contributed by atoms with Gasteiger partial charge in [-0.25, -0.2) is 0 Å². The Balaban J connectivity index is 1.63. The molecule has 0 spiro atoms. The normalized spacial score (nSPS) is 21.9. The van der Waals surface area contributed by atoms with E-state index in [9.17, 15) is 4.79 Å². The van der Waals surface area contributed by atoms with Gasteiger partial charge in [-0.2, -0.15) is 0 Å². The van der Waals surface area contributed by atoms with Crippen LogP contribution in [0.25, 0.3) is 0 Å². The molecular formula is C17H24N2O. The van der Waals surface area contributed by atoms with Crippen LogP contribution in [0.3, 0.4) is 0 Å². The van der Waals surface area contributed by atoms with Gasteiger partial charge in [0.05, 0.1) is 6.42 Å². The summed E-state index contributed by atoms with van der Waals surface area (Å²) in [6.45, 7) is 4.08. The number of benzene rings is 1. The molecule has 1 aromatic carbocycles. The lowest BCUT2D eigenvalue weighted by molar-refractivity contribution is -0.131. The first kappa shape index (κ1) is 13.6. The van der Waals surface area contributed by atoms with E-state index in [0.717, 1.165) is 18.7 Å². The molecule has 20 heavy (non-hydrogen) atoms. The van der Waals surface area contributed by atoms with Crippen LogP contribution in [0.15, 0.2) is 24.3 Å². The highest BCUT2D eigenvalue weighted by Crippen LogP contribution is 2.28. The molecule has 0 unspecified atom stereocenters. The van der Waals surface area contributed by atoms with E-state index in [-0.39, 0.29) is 0 Å². The van der Waals surface area contributed by atoms with Crippen molar-refractivity contribution in [2.24, 2.45) is 0 Å². The number of hydrogen-bond donors (Lipinski definition) is 1. The zero-order valence-electron chi connectivity index (χ0n) is 12.3. The summed E-state index contributed by atoms with van der Waals surface area (Å²) in [6, 6.07) is 9.32. The summed E-state index contributed by atoms with van der Waals surface area (Å²) in [7, 11) is 0. The molecule has 1 saturated heterocycles. The van der Waals surface area contributed by atoms with Crippen LogP contribution >= 0.6 is 0 Å². The second-order valence-corrected chi connectivity index (χ2v) is 6.24. The lowest BCUT2D eigenvalue weighted by Gasteiger charge is -2.26. The molecule has 1 atom stereocenters. The van der Waals surface area contributed by atoms with Crippen molar-refractivity contribution in [3.63, 3.8) is 0 Å². The molecule has 3 rings (SSSR count). The Bertz CT molecular complexity index is 476. The fourth-order valence-electron chi connectivity index (χ4n) is 3.09. The van der Waals surface area contributed by atoms with Gasteiger partial charge in [-0.3, -0.25) is 4.79 Å². The molecule has 1 aromatic rings. The average molecular weight is 272 g/mol. The number of amides is 1. The number of carbonyl (C=O) groups excluding carboxylic acids is 1.